The van der Waals surface area contributed by atoms with Gasteiger partial charge in [0, 0.05) is 36.7 Å². The number of sulfonamides is 1. The number of benzene rings is 1. The normalized spacial score (nSPS) is 15.8. The van der Waals surface area contributed by atoms with Crippen molar-refractivity contribution < 1.29 is 22.6 Å². The first-order valence-electron chi connectivity index (χ1n) is 8.90. The molecular formula is C19H25NO5S2. The fourth-order valence-electron chi connectivity index (χ4n) is 3.26. The van der Waals surface area contributed by atoms with Gasteiger partial charge in [-0.25, -0.2) is 8.42 Å². The SMILES string of the molecule is COc1ccc(OC)c(S(=O)(=O)N(CCc2cccs2)C2CCOCC2)c1. The minimum absolute atomic E-state index is 0.0837. The maximum atomic E-state index is 13.6. The molecule has 0 spiro atoms. The van der Waals surface area contributed by atoms with Crippen LogP contribution in [0.15, 0.2) is 40.6 Å². The molecule has 0 amide bonds. The number of rotatable bonds is 8. The van der Waals surface area contributed by atoms with E-state index >= 15 is 0 Å². The van der Waals surface area contributed by atoms with Gasteiger partial charge in [0.1, 0.15) is 16.4 Å². The predicted molar refractivity (Wildman–Crippen MR) is 105 cm³/mol. The molecule has 2 heterocycles. The number of methoxy groups -OCH3 is 2. The van der Waals surface area contributed by atoms with E-state index in [1.165, 1.54) is 25.2 Å². The van der Waals surface area contributed by atoms with Crippen molar-refractivity contribution >= 4 is 21.4 Å². The molecule has 1 aromatic carbocycles. The topological polar surface area (TPSA) is 65.1 Å². The summed E-state index contributed by atoms with van der Waals surface area (Å²) in [5.41, 5.74) is 0. The minimum Gasteiger partial charge on any atom is -0.497 e. The number of thiophene rings is 1. The van der Waals surface area contributed by atoms with Crippen molar-refractivity contribution in [2.45, 2.75) is 30.2 Å². The van der Waals surface area contributed by atoms with Crippen molar-refractivity contribution in [2.24, 2.45) is 0 Å². The average molecular weight is 412 g/mol. The molecule has 6 nitrogen and oxygen atoms in total. The van der Waals surface area contributed by atoms with Crippen molar-refractivity contribution in [1.82, 2.24) is 4.31 Å². The van der Waals surface area contributed by atoms with Crippen molar-refractivity contribution in [1.29, 1.82) is 0 Å². The van der Waals surface area contributed by atoms with Gasteiger partial charge in [0.15, 0.2) is 0 Å². The molecule has 1 aliphatic heterocycles. The lowest BCUT2D eigenvalue weighted by atomic mass is 10.1. The van der Waals surface area contributed by atoms with Crippen LogP contribution in [0.4, 0.5) is 0 Å². The zero-order valence-electron chi connectivity index (χ0n) is 15.6. The van der Waals surface area contributed by atoms with E-state index in [0.717, 1.165) is 0 Å². The van der Waals surface area contributed by atoms with Crippen LogP contribution in [0.25, 0.3) is 0 Å². The highest BCUT2D eigenvalue weighted by molar-refractivity contribution is 7.89. The van der Waals surface area contributed by atoms with Crippen molar-refractivity contribution in [3.05, 3.63) is 40.6 Å². The second-order valence-corrected chi connectivity index (χ2v) is 9.20. The summed E-state index contributed by atoms with van der Waals surface area (Å²) in [5.74, 6) is 0.809. The molecule has 0 atom stereocenters. The fourth-order valence-corrected chi connectivity index (χ4v) is 5.82. The molecule has 3 rings (SSSR count). The van der Waals surface area contributed by atoms with Gasteiger partial charge >= 0.3 is 0 Å². The Kier molecular flexibility index (Phi) is 6.75. The van der Waals surface area contributed by atoms with Gasteiger partial charge in [0.25, 0.3) is 0 Å². The van der Waals surface area contributed by atoms with Gasteiger partial charge in [0.2, 0.25) is 10.0 Å². The Hall–Kier alpha value is -1.61. The van der Waals surface area contributed by atoms with Crippen LogP contribution in [0.1, 0.15) is 17.7 Å². The highest BCUT2D eigenvalue weighted by Gasteiger charge is 2.34. The van der Waals surface area contributed by atoms with Crippen molar-refractivity contribution in [3.63, 3.8) is 0 Å². The van der Waals surface area contributed by atoms with Crippen LogP contribution < -0.4 is 9.47 Å². The molecule has 148 valence electrons. The summed E-state index contributed by atoms with van der Waals surface area (Å²) in [6, 6.07) is 8.80. The molecule has 1 aromatic heterocycles. The highest BCUT2D eigenvalue weighted by atomic mass is 32.2. The lowest BCUT2D eigenvalue weighted by Gasteiger charge is -2.33. The molecule has 0 bridgehead atoms. The molecule has 0 N–H and O–H groups in total. The first kappa shape index (κ1) is 20.1. The van der Waals surface area contributed by atoms with Crippen LogP contribution in [-0.2, 0) is 21.2 Å². The third-order valence-electron chi connectivity index (χ3n) is 4.71. The molecule has 0 saturated carbocycles. The molecule has 2 aromatic rings. The van der Waals surface area contributed by atoms with Gasteiger partial charge in [-0.1, -0.05) is 6.07 Å². The summed E-state index contributed by atoms with van der Waals surface area (Å²) in [7, 11) is -0.755. The van der Waals surface area contributed by atoms with Crippen LogP contribution in [0.5, 0.6) is 11.5 Å². The van der Waals surface area contributed by atoms with Gasteiger partial charge in [-0.15, -0.1) is 11.3 Å². The Bertz CT molecular complexity index is 830. The summed E-state index contributed by atoms with van der Waals surface area (Å²) in [6.07, 6.45) is 2.06. The minimum atomic E-state index is -3.75. The zero-order chi connectivity index (χ0) is 19.3. The Morgan fingerprint density at radius 1 is 1.19 bits per heavy atom. The van der Waals surface area contributed by atoms with E-state index < -0.39 is 10.0 Å². The first-order valence-corrected chi connectivity index (χ1v) is 11.2. The van der Waals surface area contributed by atoms with Gasteiger partial charge in [-0.05, 0) is 42.8 Å². The second kappa shape index (κ2) is 9.05. The largest absolute Gasteiger partial charge is 0.497 e. The Morgan fingerprint density at radius 3 is 2.59 bits per heavy atom. The quantitative estimate of drug-likeness (QED) is 0.668. The van der Waals surface area contributed by atoms with Crippen LogP contribution in [0.3, 0.4) is 0 Å². The number of hydrogen-bond acceptors (Lipinski definition) is 6. The van der Waals surface area contributed by atoms with E-state index in [1.54, 1.807) is 27.8 Å². The summed E-state index contributed by atoms with van der Waals surface area (Å²) in [5, 5.41) is 2.01. The zero-order valence-corrected chi connectivity index (χ0v) is 17.2. The van der Waals surface area contributed by atoms with Gasteiger partial charge < -0.3 is 14.2 Å². The fraction of sp³-hybridized carbons (Fsp3) is 0.474. The van der Waals surface area contributed by atoms with Crippen LogP contribution in [0.2, 0.25) is 0 Å². The number of ether oxygens (including phenoxy) is 3. The molecule has 0 radical (unpaired) electrons. The van der Waals surface area contributed by atoms with Crippen LogP contribution >= 0.6 is 11.3 Å². The van der Waals surface area contributed by atoms with Gasteiger partial charge in [0.05, 0.1) is 14.2 Å². The average Bonchev–Trinajstić information content (AvgIpc) is 3.22. The number of nitrogens with zero attached hydrogens (tertiary/aromatic N) is 1. The van der Waals surface area contributed by atoms with E-state index in [2.05, 4.69) is 0 Å². The predicted octanol–water partition coefficient (Wildman–Crippen LogP) is 3.18. The molecule has 1 saturated heterocycles. The number of hydrogen-bond donors (Lipinski definition) is 0. The first-order chi connectivity index (χ1) is 13.1. The summed E-state index contributed by atoms with van der Waals surface area (Å²) < 4.78 is 44.8. The van der Waals surface area contributed by atoms with E-state index in [-0.39, 0.29) is 10.9 Å². The summed E-state index contributed by atoms with van der Waals surface area (Å²) >= 11 is 1.64. The van der Waals surface area contributed by atoms with Crippen molar-refractivity contribution in [2.75, 3.05) is 34.0 Å². The highest BCUT2D eigenvalue weighted by Crippen LogP contribution is 2.33. The lowest BCUT2D eigenvalue weighted by Crippen LogP contribution is -2.44. The third kappa shape index (κ3) is 4.63. The maximum absolute atomic E-state index is 13.6. The second-order valence-electron chi connectivity index (χ2n) is 6.31. The molecule has 0 aliphatic carbocycles. The van der Waals surface area contributed by atoms with Crippen LogP contribution in [0, 0.1) is 0 Å². The van der Waals surface area contributed by atoms with E-state index in [0.29, 0.717) is 50.5 Å². The molecule has 1 aliphatic rings. The van der Waals surface area contributed by atoms with Gasteiger partial charge in [-0.3, -0.25) is 0 Å². The Labute approximate surface area is 164 Å². The van der Waals surface area contributed by atoms with E-state index in [1.807, 2.05) is 17.5 Å². The van der Waals surface area contributed by atoms with Crippen LogP contribution in [-0.4, -0.2) is 52.7 Å². The van der Waals surface area contributed by atoms with E-state index in [4.69, 9.17) is 14.2 Å². The molecule has 0 unspecified atom stereocenters. The standard InChI is InChI=1S/C19H25NO5S2/c1-23-16-5-6-18(24-2)19(14-16)27(21,22)20(15-8-11-25-12-9-15)10-7-17-4-3-13-26-17/h3-6,13-15H,7-12H2,1-2H3. The lowest BCUT2D eigenvalue weighted by molar-refractivity contribution is 0.0586. The smallest absolute Gasteiger partial charge is 0.247 e. The van der Waals surface area contributed by atoms with Gasteiger partial charge in [-0.2, -0.15) is 4.31 Å². The molecule has 27 heavy (non-hydrogen) atoms. The maximum Gasteiger partial charge on any atom is 0.247 e. The monoisotopic (exact) mass is 411 g/mol. The van der Waals surface area contributed by atoms with Crippen molar-refractivity contribution in [3.8, 4) is 11.5 Å². The molecule has 1 fully saturated rings. The van der Waals surface area contributed by atoms with E-state index in [9.17, 15) is 8.42 Å². The molecular weight excluding hydrogens is 386 g/mol. The Balaban J connectivity index is 1.95. The summed E-state index contributed by atoms with van der Waals surface area (Å²) in [4.78, 5) is 1.31. The third-order valence-corrected chi connectivity index (χ3v) is 7.62. The molecule has 8 heteroatoms. The summed E-state index contributed by atoms with van der Waals surface area (Å²) in [6.45, 7) is 1.57. The Morgan fingerprint density at radius 2 is 1.96 bits per heavy atom.